The van der Waals surface area contributed by atoms with E-state index < -0.39 is 5.97 Å². The van der Waals surface area contributed by atoms with Gasteiger partial charge in [0.25, 0.3) is 0 Å². The fourth-order valence-electron chi connectivity index (χ4n) is 3.54. The van der Waals surface area contributed by atoms with Crippen molar-refractivity contribution in [2.45, 2.75) is 64.1 Å². The minimum Gasteiger partial charge on any atom is -0.480 e. The third-order valence-electron chi connectivity index (χ3n) is 4.74. The molecule has 4 nitrogen and oxygen atoms in total. The SMILES string of the molecule is CCC(C)N(CC(=O)O)C1CCN2CCCC2C1. The molecule has 0 bridgehead atoms. The summed E-state index contributed by atoms with van der Waals surface area (Å²) in [5.41, 5.74) is 0. The van der Waals surface area contributed by atoms with E-state index >= 15 is 0 Å². The van der Waals surface area contributed by atoms with Crippen LogP contribution >= 0.6 is 0 Å². The first kappa shape index (κ1) is 13.8. The molecule has 0 amide bonds. The maximum Gasteiger partial charge on any atom is 0.317 e. The number of hydrogen-bond acceptors (Lipinski definition) is 3. The lowest BCUT2D eigenvalue weighted by Crippen LogP contribution is -2.51. The molecule has 2 fully saturated rings. The molecule has 3 unspecified atom stereocenters. The molecule has 0 aromatic heterocycles. The van der Waals surface area contributed by atoms with Crippen molar-refractivity contribution in [2.75, 3.05) is 19.6 Å². The van der Waals surface area contributed by atoms with Crippen molar-refractivity contribution < 1.29 is 9.90 Å². The fraction of sp³-hybridized carbons (Fsp3) is 0.929. The molecule has 0 aromatic carbocycles. The highest BCUT2D eigenvalue weighted by Gasteiger charge is 2.35. The highest BCUT2D eigenvalue weighted by atomic mass is 16.4. The summed E-state index contributed by atoms with van der Waals surface area (Å²) in [7, 11) is 0. The molecule has 2 rings (SSSR count). The van der Waals surface area contributed by atoms with Gasteiger partial charge in [-0.2, -0.15) is 0 Å². The van der Waals surface area contributed by atoms with Crippen LogP contribution in [0.1, 0.15) is 46.0 Å². The predicted octanol–water partition coefficient (Wildman–Crippen LogP) is 1.80. The number of aliphatic carboxylic acids is 1. The van der Waals surface area contributed by atoms with E-state index in [0.717, 1.165) is 25.8 Å². The van der Waals surface area contributed by atoms with Gasteiger partial charge in [-0.1, -0.05) is 6.92 Å². The third kappa shape index (κ3) is 3.04. The second kappa shape index (κ2) is 6.02. The van der Waals surface area contributed by atoms with Crippen molar-refractivity contribution in [3.8, 4) is 0 Å². The number of carboxylic acid groups (broad SMARTS) is 1. The Labute approximate surface area is 110 Å². The topological polar surface area (TPSA) is 43.8 Å². The van der Waals surface area contributed by atoms with Crippen molar-refractivity contribution in [1.29, 1.82) is 0 Å². The zero-order chi connectivity index (χ0) is 13.1. The van der Waals surface area contributed by atoms with Gasteiger partial charge in [-0.25, -0.2) is 0 Å². The van der Waals surface area contributed by atoms with Crippen LogP contribution in [0.25, 0.3) is 0 Å². The number of carbonyl (C=O) groups is 1. The zero-order valence-electron chi connectivity index (χ0n) is 11.6. The van der Waals surface area contributed by atoms with Gasteiger partial charge in [-0.3, -0.25) is 9.69 Å². The lowest BCUT2D eigenvalue weighted by molar-refractivity contribution is -0.140. The number of carboxylic acids is 1. The van der Waals surface area contributed by atoms with E-state index in [9.17, 15) is 4.79 Å². The first-order chi connectivity index (χ1) is 8.61. The van der Waals surface area contributed by atoms with Crippen LogP contribution in [0.15, 0.2) is 0 Å². The standard InChI is InChI=1S/C14H26N2O2/c1-3-11(2)16(10-14(17)18)13-6-8-15-7-4-5-12(15)9-13/h11-13H,3-10H2,1-2H3,(H,17,18). The van der Waals surface area contributed by atoms with Gasteiger partial charge in [-0.15, -0.1) is 0 Å². The molecule has 2 aliphatic heterocycles. The molecule has 104 valence electrons. The van der Waals surface area contributed by atoms with E-state index in [1.807, 2.05) is 0 Å². The molecule has 4 heteroatoms. The maximum absolute atomic E-state index is 11.0. The summed E-state index contributed by atoms with van der Waals surface area (Å²) in [6.45, 7) is 6.90. The molecule has 0 spiro atoms. The summed E-state index contributed by atoms with van der Waals surface area (Å²) in [5, 5.41) is 9.09. The molecule has 0 aliphatic carbocycles. The van der Waals surface area contributed by atoms with E-state index in [4.69, 9.17) is 5.11 Å². The fourth-order valence-corrected chi connectivity index (χ4v) is 3.54. The van der Waals surface area contributed by atoms with Gasteiger partial charge >= 0.3 is 5.97 Å². The lowest BCUT2D eigenvalue weighted by Gasteiger charge is -2.42. The number of nitrogens with zero attached hydrogens (tertiary/aromatic N) is 2. The second-order valence-electron chi connectivity index (χ2n) is 5.83. The molecule has 3 atom stereocenters. The molecule has 18 heavy (non-hydrogen) atoms. The van der Waals surface area contributed by atoms with Gasteiger partial charge in [0.2, 0.25) is 0 Å². The van der Waals surface area contributed by atoms with Crippen LogP contribution < -0.4 is 0 Å². The van der Waals surface area contributed by atoms with Gasteiger partial charge in [-0.05, 0) is 52.1 Å². The zero-order valence-corrected chi connectivity index (χ0v) is 11.6. The van der Waals surface area contributed by atoms with E-state index in [1.165, 1.54) is 19.4 Å². The summed E-state index contributed by atoms with van der Waals surface area (Å²) >= 11 is 0. The maximum atomic E-state index is 11.0. The molecule has 2 aliphatic rings. The average molecular weight is 254 g/mol. The third-order valence-corrected chi connectivity index (χ3v) is 4.74. The number of piperidine rings is 1. The van der Waals surface area contributed by atoms with Gasteiger partial charge in [0.1, 0.15) is 0 Å². The molecule has 0 saturated carbocycles. The lowest BCUT2D eigenvalue weighted by atomic mass is 9.94. The molecular weight excluding hydrogens is 228 g/mol. The van der Waals surface area contributed by atoms with Gasteiger partial charge in [0.15, 0.2) is 0 Å². The Balaban J connectivity index is 1.99. The van der Waals surface area contributed by atoms with Crippen molar-refractivity contribution in [2.24, 2.45) is 0 Å². The predicted molar refractivity (Wildman–Crippen MR) is 71.7 cm³/mol. The molecule has 0 aromatic rings. The van der Waals surface area contributed by atoms with E-state index in [0.29, 0.717) is 18.1 Å². The summed E-state index contributed by atoms with van der Waals surface area (Å²) < 4.78 is 0. The Morgan fingerprint density at radius 3 is 2.89 bits per heavy atom. The van der Waals surface area contributed by atoms with Crippen LogP contribution in [0.4, 0.5) is 0 Å². The number of rotatable bonds is 5. The van der Waals surface area contributed by atoms with Gasteiger partial charge in [0.05, 0.1) is 6.54 Å². The largest absolute Gasteiger partial charge is 0.480 e. The molecular formula is C14H26N2O2. The molecule has 1 N–H and O–H groups in total. The Kier molecular flexibility index (Phi) is 4.62. The smallest absolute Gasteiger partial charge is 0.317 e. The first-order valence-corrected chi connectivity index (χ1v) is 7.33. The summed E-state index contributed by atoms with van der Waals surface area (Å²) in [4.78, 5) is 15.9. The van der Waals surface area contributed by atoms with Crippen LogP contribution in [0, 0.1) is 0 Å². The van der Waals surface area contributed by atoms with Crippen LogP contribution in [0.2, 0.25) is 0 Å². The summed E-state index contributed by atoms with van der Waals surface area (Å²) in [6.07, 6.45) is 5.95. The van der Waals surface area contributed by atoms with Crippen molar-refractivity contribution in [3.05, 3.63) is 0 Å². The number of fused-ring (bicyclic) bond motifs is 1. The molecule has 2 heterocycles. The van der Waals surface area contributed by atoms with Crippen LogP contribution in [-0.2, 0) is 4.79 Å². The highest BCUT2D eigenvalue weighted by Crippen LogP contribution is 2.30. The van der Waals surface area contributed by atoms with Crippen molar-refractivity contribution in [1.82, 2.24) is 9.80 Å². The monoisotopic (exact) mass is 254 g/mol. The summed E-state index contributed by atoms with van der Waals surface area (Å²) in [6, 6.07) is 1.55. The Morgan fingerprint density at radius 2 is 2.22 bits per heavy atom. The Bertz CT molecular complexity index is 296. The Morgan fingerprint density at radius 1 is 1.44 bits per heavy atom. The normalized spacial score (nSPS) is 30.4. The van der Waals surface area contributed by atoms with Crippen LogP contribution in [0.5, 0.6) is 0 Å². The van der Waals surface area contributed by atoms with Gasteiger partial charge in [0, 0.05) is 18.1 Å². The minimum atomic E-state index is -0.691. The second-order valence-corrected chi connectivity index (χ2v) is 5.83. The summed E-state index contributed by atoms with van der Waals surface area (Å²) in [5.74, 6) is -0.691. The average Bonchev–Trinajstić information content (AvgIpc) is 2.81. The minimum absolute atomic E-state index is 0.201. The van der Waals surface area contributed by atoms with Crippen molar-refractivity contribution in [3.63, 3.8) is 0 Å². The molecule has 2 saturated heterocycles. The highest BCUT2D eigenvalue weighted by molar-refractivity contribution is 5.69. The van der Waals surface area contributed by atoms with E-state index in [-0.39, 0.29) is 6.54 Å². The van der Waals surface area contributed by atoms with E-state index in [2.05, 4.69) is 23.6 Å². The van der Waals surface area contributed by atoms with Crippen molar-refractivity contribution >= 4 is 5.97 Å². The molecule has 0 radical (unpaired) electrons. The Hall–Kier alpha value is -0.610. The van der Waals surface area contributed by atoms with Gasteiger partial charge < -0.3 is 10.0 Å². The van der Waals surface area contributed by atoms with Crippen LogP contribution in [0.3, 0.4) is 0 Å². The first-order valence-electron chi connectivity index (χ1n) is 7.33. The quantitative estimate of drug-likeness (QED) is 0.812. The van der Waals surface area contributed by atoms with E-state index in [1.54, 1.807) is 0 Å². The van der Waals surface area contributed by atoms with Crippen LogP contribution in [-0.4, -0.2) is 58.6 Å². The number of hydrogen-bond donors (Lipinski definition) is 1.